The average molecular weight is 418 g/mol. The van der Waals surface area contributed by atoms with Gasteiger partial charge in [-0.3, -0.25) is 9.88 Å². The van der Waals surface area contributed by atoms with E-state index in [1.165, 1.54) is 42.4 Å². The lowest BCUT2D eigenvalue weighted by atomic mass is 9.96. The van der Waals surface area contributed by atoms with Gasteiger partial charge in [0.25, 0.3) is 0 Å². The Kier molecular flexibility index (Phi) is 7.55. The van der Waals surface area contributed by atoms with Crippen LogP contribution in [0, 0.1) is 5.92 Å². The molecule has 4 rings (SSSR count). The van der Waals surface area contributed by atoms with E-state index in [2.05, 4.69) is 64.2 Å². The third-order valence-electron chi connectivity index (χ3n) is 6.53. The quantitative estimate of drug-likeness (QED) is 0.489. The predicted molar refractivity (Wildman–Crippen MR) is 129 cm³/mol. The van der Waals surface area contributed by atoms with E-state index < -0.39 is 0 Å². The van der Waals surface area contributed by atoms with Crippen LogP contribution in [0.1, 0.15) is 30.9 Å². The fourth-order valence-electron chi connectivity index (χ4n) is 4.83. The van der Waals surface area contributed by atoms with Gasteiger partial charge in [0.2, 0.25) is 0 Å². The summed E-state index contributed by atoms with van der Waals surface area (Å²) in [5.41, 5.74) is 3.85. The third-order valence-corrected chi connectivity index (χ3v) is 6.53. The van der Waals surface area contributed by atoms with Crippen LogP contribution in [0.25, 0.3) is 10.9 Å². The number of nitrogens with zero attached hydrogens (tertiary/aromatic N) is 3. The topological polar surface area (TPSA) is 28.6 Å². The van der Waals surface area contributed by atoms with Crippen LogP contribution in [-0.4, -0.2) is 54.6 Å². The molecule has 0 bridgehead atoms. The Morgan fingerprint density at radius 3 is 2.87 bits per heavy atom. The van der Waals surface area contributed by atoms with E-state index in [1.54, 1.807) is 7.11 Å². The maximum Gasteiger partial charge on any atom is 0.119 e. The summed E-state index contributed by atoms with van der Waals surface area (Å²) < 4.78 is 5.37. The number of piperidine rings is 1. The highest BCUT2D eigenvalue weighted by Gasteiger charge is 2.22. The van der Waals surface area contributed by atoms with Crippen molar-refractivity contribution in [1.82, 2.24) is 14.8 Å². The smallest absolute Gasteiger partial charge is 0.119 e. The minimum Gasteiger partial charge on any atom is -0.497 e. The van der Waals surface area contributed by atoms with Crippen LogP contribution < -0.4 is 4.74 Å². The first-order chi connectivity index (χ1) is 15.2. The highest BCUT2D eigenvalue weighted by atomic mass is 16.5. The Morgan fingerprint density at radius 2 is 2.00 bits per heavy atom. The molecule has 1 atom stereocenters. The minimum absolute atomic E-state index is 0.738. The lowest BCUT2D eigenvalue weighted by molar-refractivity contribution is 0.133. The summed E-state index contributed by atoms with van der Waals surface area (Å²) in [7, 11) is 1.74. The lowest BCUT2D eigenvalue weighted by Gasteiger charge is -2.35. The van der Waals surface area contributed by atoms with Crippen molar-refractivity contribution in [2.75, 3.05) is 39.8 Å². The second-order valence-electron chi connectivity index (χ2n) is 8.73. The van der Waals surface area contributed by atoms with E-state index >= 15 is 0 Å². The van der Waals surface area contributed by atoms with E-state index in [0.717, 1.165) is 49.8 Å². The molecule has 1 aromatic heterocycles. The Balaban J connectivity index is 1.33. The van der Waals surface area contributed by atoms with Crippen molar-refractivity contribution >= 4 is 10.9 Å². The molecular formula is C27H35N3O. The van der Waals surface area contributed by atoms with Gasteiger partial charge >= 0.3 is 0 Å². The summed E-state index contributed by atoms with van der Waals surface area (Å²) >= 11 is 0. The van der Waals surface area contributed by atoms with Crippen molar-refractivity contribution in [2.24, 2.45) is 5.92 Å². The number of aromatic nitrogens is 1. The second-order valence-corrected chi connectivity index (χ2v) is 8.73. The number of hydrogen-bond acceptors (Lipinski definition) is 4. The Hall–Kier alpha value is -2.43. The van der Waals surface area contributed by atoms with Crippen LogP contribution in [0.15, 0.2) is 60.8 Å². The Labute approximate surface area is 186 Å². The van der Waals surface area contributed by atoms with E-state index in [0.29, 0.717) is 0 Å². The van der Waals surface area contributed by atoms with Crippen LogP contribution in [0.3, 0.4) is 0 Å². The first kappa shape index (κ1) is 21.8. The molecule has 0 unspecified atom stereocenters. The number of benzene rings is 2. The van der Waals surface area contributed by atoms with Gasteiger partial charge in [0.1, 0.15) is 5.75 Å². The van der Waals surface area contributed by atoms with E-state index in [-0.39, 0.29) is 0 Å². The summed E-state index contributed by atoms with van der Waals surface area (Å²) in [4.78, 5) is 9.90. The largest absolute Gasteiger partial charge is 0.497 e. The molecule has 164 valence electrons. The van der Waals surface area contributed by atoms with Crippen molar-refractivity contribution in [3.63, 3.8) is 0 Å². The summed E-state index contributed by atoms with van der Waals surface area (Å²) in [6.07, 6.45) is 5.63. The highest BCUT2D eigenvalue weighted by molar-refractivity contribution is 5.81. The van der Waals surface area contributed by atoms with E-state index in [4.69, 9.17) is 4.74 Å². The maximum atomic E-state index is 5.37. The number of para-hydroxylation sites is 1. The van der Waals surface area contributed by atoms with Crippen molar-refractivity contribution in [2.45, 2.75) is 32.7 Å². The zero-order valence-electron chi connectivity index (χ0n) is 19.0. The molecule has 0 saturated carbocycles. The first-order valence-electron chi connectivity index (χ1n) is 11.7. The summed E-state index contributed by atoms with van der Waals surface area (Å²) in [6, 6.07) is 19.2. The molecule has 0 amide bonds. The van der Waals surface area contributed by atoms with Gasteiger partial charge in [-0.2, -0.15) is 0 Å². The summed E-state index contributed by atoms with van der Waals surface area (Å²) in [6.45, 7) is 9.04. The van der Waals surface area contributed by atoms with Crippen LogP contribution in [0.5, 0.6) is 5.75 Å². The fourth-order valence-corrected chi connectivity index (χ4v) is 4.83. The average Bonchev–Trinajstić information content (AvgIpc) is 2.83. The predicted octanol–water partition coefficient (Wildman–Crippen LogP) is 5.02. The fraction of sp³-hybridized carbons (Fsp3) is 0.444. The second kappa shape index (κ2) is 10.7. The highest BCUT2D eigenvalue weighted by Crippen LogP contribution is 2.22. The molecule has 0 spiro atoms. The van der Waals surface area contributed by atoms with Crippen LogP contribution >= 0.6 is 0 Å². The van der Waals surface area contributed by atoms with Gasteiger partial charge in [-0.1, -0.05) is 43.3 Å². The molecule has 4 nitrogen and oxygen atoms in total. The summed E-state index contributed by atoms with van der Waals surface area (Å²) in [5, 5.41) is 1.23. The Bertz CT molecular complexity index is 968. The molecule has 4 heteroatoms. The van der Waals surface area contributed by atoms with E-state index in [1.807, 2.05) is 18.3 Å². The number of fused-ring (bicyclic) bond motifs is 1. The van der Waals surface area contributed by atoms with Gasteiger partial charge in [-0.05, 0) is 67.6 Å². The minimum atomic E-state index is 0.738. The van der Waals surface area contributed by atoms with Crippen LogP contribution in [-0.2, 0) is 13.0 Å². The van der Waals surface area contributed by atoms with Crippen molar-refractivity contribution in [3.8, 4) is 5.75 Å². The van der Waals surface area contributed by atoms with Gasteiger partial charge < -0.3 is 9.64 Å². The molecule has 1 aliphatic heterocycles. The molecule has 1 fully saturated rings. The molecule has 31 heavy (non-hydrogen) atoms. The maximum absolute atomic E-state index is 5.37. The zero-order chi connectivity index (χ0) is 21.5. The van der Waals surface area contributed by atoms with Crippen molar-refractivity contribution in [1.29, 1.82) is 0 Å². The third kappa shape index (κ3) is 5.84. The molecule has 1 aliphatic rings. The SMILES string of the molecule is CCN(Cc1cccc2cccnc12)C[C@@H]1CCCN(CCc2cccc(OC)c2)C1. The first-order valence-corrected chi connectivity index (χ1v) is 11.7. The van der Waals surface area contributed by atoms with E-state index in [9.17, 15) is 0 Å². The molecule has 0 N–H and O–H groups in total. The van der Waals surface area contributed by atoms with Gasteiger partial charge in [-0.25, -0.2) is 0 Å². The van der Waals surface area contributed by atoms with Gasteiger partial charge in [0.15, 0.2) is 0 Å². The molecular weight excluding hydrogens is 382 g/mol. The number of hydrogen-bond donors (Lipinski definition) is 0. The molecule has 0 radical (unpaired) electrons. The van der Waals surface area contributed by atoms with Crippen LogP contribution in [0.2, 0.25) is 0 Å². The zero-order valence-corrected chi connectivity index (χ0v) is 19.0. The number of rotatable bonds is 9. The lowest BCUT2D eigenvalue weighted by Crippen LogP contribution is -2.41. The number of pyridine rings is 1. The van der Waals surface area contributed by atoms with Crippen molar-refractivity contribution in [3.05, 3.63) is 71.9 Å². The van der Waals surface area contributed by atoms with Gasteiger partial charge in [0, 0.05) is 37.8 Å². The standard InChI is InChI=1S/C27H35N3O/c1-3-29(21-25-11-5-10-24-12-6-15-28-27(24)25)19-23-9-7-16-30(20-23)17-14-22-8-4-13-26(18-22)31-2/h4-6,8,10-13,15,18,23H,3,7,9,14,16-17,19-21H2,1-2H3/t23-/m0/s1. The molecule has 0 aliphatic carbocycles. The molecule has 1 saturated heterocycles. The molecule has 2 aromatic carbocycles. The number of methoxy groups -OCH3 is 1. The van der Waals surface area contributed by atoms with Crippen LogP contribution in [0.4, 0.5) is 0 Å². The normalized spacial score (nSPS) is 17.3. The molecule has 2 heterocycles. The number of likely N-dealkylation sites (tertiary alicyclic amines) is 1. The Morgan fingerprint density at radius 1 is 1.13 bits per heavy atom. The summed E-state index contributed by atoms with van der Waals surface area (Å²) in [5.74, 6) is 1.69. The van der Waals surface area contributed by atoms with Gasteiger partial charge in [-0.15, -0.1) is 0 Å². The van der Waals surface area contributed by atoms with Gasteiger partial charge in [0.05, 0.1) is 12.6 Å². The molecule has 3 aromatic rings. The monoisotopic (exact) mass is 417 g/mol. The number of ether oxygens (including phenoxy) is 1. The van der Waals surface area contributed by atoms with Crippen molar-refractivity contribution < 1.29 is 4.74 Å².